The van der Waals surface area contributed by atoms with Crippen molar-refractivity contribution in [2.45, 2.75) is 6.18 Å². The first-order valence-corrected chi connectivity index (χ1v) is 6.24. The van der Waals surface area contributed by atoms with Crippen LogP contribution in [0.4, 0.5) is 18.9 Å². The molecule has 0 heterocycles. The largest absolute Gasteiger partial charge is 0.416 e. The molecule has 0 unspecified atom stereocenters. The third-order valence-electron chi connectivity index (χ3n) is 2.00. The second-order valence-electron chi connectivity index (χ2n) is 3.17. The Hall–Kier alpha value is -0.960. The van der Waals surface area contributed by atoms with E-state index < -0.39 is 28.1 Å². The molecule has 0 radical (unpaired) electrons. The van der Waals surface area contributed by atoms with Crippen molar-refractivity contribution in [3.8, 4) is 0 Å². The molecule has 0 saturated carbocycles. The Morgan fingerprint density at radius 1 is 1.39 bits per heavy atom. The minimum Gasteiger partial charge on any atom is -0.293 e. The van der Waals surface area contributed by atoms with Crippen molar-refractivity contribution >= 4 is 43.3 Å². The summed E-state index contributed by atoms with van der Waals surface area (Å²) in [5.41, 5.74) is -2.41. The van der Waals surface area contributed by atoms with Crippen LogP contribution in [0.25, 0.3) is 0 Å². The lowest BCUT2D eigenvalue weighted by atomic mass is 10.1. The maximum Gasteiger partial charge on any atom is 0.416 e. The fraction of sp³-hybridized carbons (Fsp3) is 0.222. The number of hydrogen-bond donors (Lipinski definition) is 0. The van der Waals surface area contributed by atoms with Gasteiger partial charge in [0.05, 0.1) is 15.8 Å². The summed E-state index contributed by atoms with van der Waals surface area (Å²) >= 11 is 5.57. The van der Waals surface area contributed by atoms with E-state index in [0.29, 0.717) is 12.1 Å². The average Bonchev–Trinajstić information content (AvgIpc) is 2.26. The van der Waals surface area contributed by atoms with Gasteiger partial charge < -0.3 is 0 Å². The summed E-state index contributed by atoms with van der Waals surface area (Å²) in [4.78, 5) is 21.1. The lowest BCUT2D eigenvalue weighted by molar-refractivity contribution is -0.385. The molecule has 1 aromatic carbocycles. The zero-order valence-corrected chi connectivity index (χ0v) is 11.6. The number of carbonyl (C=O) groups excluding carboxylic acids is 1. The van der Waals surface area contributed by atoms with Gasteiger partial charge in [0.2, 0.25) is 0 Å². The third-order valence-corrected chi connectivity index (χ3v) is 3.34. The van der Waals surface area contributed by atoms with Crippen molar-refractivity contribution in [3.63, 3.8) is 0 Å². The molecule has 18 heavy (non-hydrogen) atoms. The number of Topliss-reactive ketones (excluding diaryl/α,β-unsaturated/α-hetero) is 1. The fourth-order valence-electron chi connectivity index (χ4n) is 1.18. The van der Waals surface area contributed by atoms with Crippen molar-refractivity contribution in [3.05, 3.63) is 37.8 Å². The number of nitrogens with zero attached hydrogens (tertiary/aromatic N) is 1. The highest BCUT2D eigenvalue weighted by Crippen LogP contribution is 2.37. The van der Waals surface area contributed by atoms with Crippen LogP contribution >= 0.6 is 31.9 Å². The molecule has 0 aliphatic carbocycles. The van der Waals surface area contributed by atoms with Crippen molar-refractivity contribution in [2.75, 3.05) is 5.33 Å². The van der Waals surface area contributed by atoms with Gasteiger partial charge in [-0.2, -0.15) is 13.2 Å². The van der Waals surface area contributed by atoms with Gasteiger partial charge in [0.15, 0.2) is 5.78 Å². The van der Waals surface area contributed by atoms with Crippen LogP contribution in [0.2, 0.25) is 0 Å². The van der Waals surface area contributed by atoms with E-state index in [1.165, 1.54) is 0 Å². The number of alkyl halides is 4. The lowest BCUT2D eigenvalue weighted by Crippen LogP contribution is -2.10. The molecule has 0 aromatic heterocycles. The van der Waals surface area contributed by atoms with Crippen LogP contribution in [-0.2, 0) is 6.18 Å². The van der Waals surface area contributed by atoms with Gasteiger partial charge in [0, 0.05) is 11.6 Å². The summed E-state index contributed by atoms with van der Waals surface area (Å²) in [6.45, 7) is 0. The Kier molecular flexibility index (Phi) is 4.49. The van der Waals surface area contributed by atoms with Gasteiger partial charge in [-0.3, -0.25) is 14.9 Å². The molecule has 0 fully saturated rings. The van der Waals surface area contributed by atoms with Gasteiger partial charge in [-0.1, -0.05) is 15.9 Å². The number of halogens is 5. The van der Waals surface area contributed by atoms with E-state index in [-0.39, 0.29) is 15.4 Å². The van der Waals surface area contributed by atoms with Crippen molar-refractivity contribution < 1.29 is 22.9 Å². The highest BCUT2D eigenvalue weighted by Gasteiger charge is 2.35. The fourth-order valence-corrected chi connectivity index (χ4v) is 2.08. The van der Waals surface area contributed by atoms with E-state index in [2.05, 4.69) is 31.9 Å². The zero-order chi connectivity index (χ0) is 14.1. The number of benzene rings is 1. The zero-order valence-electron chi connectivity index (χ0n) is 8.42. The van der Waals surface area contributed by atoms with Gasteiger partial charge in [-0.25, -0.2) is 0 Å². The average molecular weight is 391 g/mol. The van der Waals surface area contributed by atoms with E-state index in [0.717, 1.165) is 0 Å². The summed E-state index contributed by atoms with van der Waals surface area (Å²) < 4.78 is 37.4. The van der Waals surface area contributed by atoms with Crippen LogP contribution in [-0.4, -0.2) is 16.0 Å². The van der Waals surface area contributed by atoms with E-state index >= 15 is 0 Å². The minimum atomic E-state index is -4.76. The molecule has 4 nitrogen and oxygen atoms in total. The molecule has 0 aliphatic heterocycles. The standard InChI is InChI=1S/C9H4Br2F3NO3/c10-3-7(16)5-1-4(9(12,13)14)2-6(8(5)11)15(17)18/h1-2H,3H2. The molecule has 0 bridgehead atoms. The highest BCUT2D eigenvalue weighted by atomic mass is 79.9. The summed E-state index contributed by atoms with van der Waals surface area (Å²) in [6, 6.07) is 0.968. The van der Waals surface area contributed by atoms with E-state index in [1.54, 1.807) is 0 Å². The first kappa shape index (κ1) is 15.1. The molecule has 0 aliphatic rings. The monoisotopic (exact) mass is 389 g/mol. The van der Waals surface area contributed by atoms with Crippen molar-refractivity contribution in [1.29, 1.82) is 0 Å². The maximum absolute atomic E-state index is 12.5. The van der Waals surface area contributed by atoms with Gasteiger partial charge in [-0.15, -0.1) is 0 Å². The third kappa shape index (κ3) is 3.08. The Bertz CT molecular complexity index is 517. The Balaban J connectivity index is 3.57. The molecule has 0 saturated heterocycles. The molecular formula is C9H4Br2F3NO3. The Morgan fingerprint density at radius 2 is 1.94 bits per heavy atom. The number of nitro benzene ring substituents is 1. The van der Waals surface area contributed by atoms with E-state index in [1.807, 2.05) is 0 Å². The number of rotatable bonds is 3. The summed E-state index contributed by atoms with van der Waals surface area (Å²) in [7, 11) is 0. The molecule has 0 amide bonds. The van der Waals surface area contributed by atoms with Gasteiger partial charge >= 0.3 is 6.18 Å². The molecule has 1 rings (SSSR count). The summed E-state index contributed by atoms with van der Waals surface area (Å²) in [5.74, 6) is -0.684. The minimum absolute atomic E-state index is 0.232. The van der Waals surface area contributed by atoms with Crippen molar-refractivity contribution in [1.82, 2.24) is 0 Å². The maximum atomic E-state index is 12.5. The van der Waals surface area contributed by atoms with Gasteiger partial charge in [0.1, 0.15) is 4.47 Å². The van der Waals surface area contributed by atoms with Gasteiger partial charge in [-0.05, 0) is 22.0 Å². The van der Waals surface area contributed by atoms with Crippen LogP contribution < -0.4 is 0 Å². The summed E-state index contributed by atoms with van der Waals surface area (Å²) in [6.07, 6.45) is -4.76. The molecule has 1 aromatic rings. The molecular weight excluding hydrogens is 387 g/mol. The lowest BCUT2D eigenvalue weighted by Gasteiger charge is -2.10. The van der Waals surface area contributed by atoms with E-state index in [9.17, 15) is 28.1 Å². The smallest absolute Gasteiger partial charge is 0.293 e. The normalized spacial score (nSPS) is 11.4. The second kappa shape index (κ2) is 5.35. The number of carbonyl (C=O) groups is 1. The predicted octanol–water partition coefficient (Wildman–Crippen LogP) is 3.95. The first-order chi connectivity index (χ1) is 8.18. The highest BCUT2D eigenvalue weighted by molar-refractivity contribution is 9.10. The van der Waals surface area contributed by atoms with Crippen LogP contribution in [0.1, 0.15) is 15.9 Å². The SMILES string of the molecule is O=C(CBr)c1cc(C(F)(F)F)cc([N+](=O)[O-])c1Br. The molecule has 0 atom stereocenters. The number of ketones is 1. The Morgan fingerprint density at radius 3 is 2.33 bits per heavy atom. The summed E-state index contributed by atoms with van der Waals surface area (Å²) in [5, 5.41) is 10.4. The van der Waals surface area contributed by atoms with Crippen LogP contribution in [0.5, 0.6) is 0 Å². The van der Waals surface area contributed by atoms with Crippen molar-refractivity contribution in [2.24, 2.45) is 0 Å². The number of hydrogen-bond acceptors (Lipinski definition) is 3. The molecule has 98 valence electrons. The predicted molar refractivity (Wildman–Crippen MR) is 63.9 cm³/mol. The second-order valence-corrected chi connectivity index (χ2v) is 4.52. The quantitative estimate of drug-likeness (QED) is 0.340. The Labute approximate surface area is 116 Å². The van der Waals surface area contributed by atoms with E-state index in [4.69, 9.17) is 0 Å². The molecule has 0 N–H and O–H groups in total. The topological polar surface area (TPSA) is 60.2 Å². The first-order valence-electron chi connectivity index (χ1n) is 4.32. The number of nitro groups is 1. The molecule has 0 spiro atoms. The van der Waals surface area contributed by atoms with Crippen LogP contribution in [0.15, 0.2) is 16.6 Å². The van der Waals surface area contributed by atoms with Crippen LogP contribution in [0.3, 0.4) is 0 Å². The van der Waals surface area contributed by atoms with Gasteiger partial charge in [0.25, 0.3) is 5.69 Å². The molecule has 9 heteroatoms. The van der Waals surface area contributed by atoms with Crippen LogP contribution in [0, 0.1) is 10.1 Å².